The molecule has 21 heavy (non-hydrogen) atoms. The number of carbonyl (C=O) groups is 1. The van der Waals surface area contributed by atoms with Gasteiger partial charge >= 0.3 is 0 Å². The minimum absolute atomic E-state index is 0.0657. The zero-order valence-electron chi connectivity index (χ0n) is 13.0. The van der Waals surface area contributed by atoms with Gasteiger partial charge in [0.25, 0.3) is 0 Å². The Morgan fingerprint density at radius 3 is 2.48 bits per heavy atom. The third-order valence-electron chi connectivity index (χ3n) is 2.89. The van der Waals surface area contributed by atoms with Crippen molar-refractivity contribution < 1.29 is 4.79 Å². The first kappa shape index (κ1) is 17.4. The third-order valence-corrected chi connectivity index (χ3v) is 3.14. The van der Waals surface area contributed by atoms with Gasteiger partial charge in [-0.3, -0.25) is 4.79 Å². The second kappa shape index (κ2) is 9.34. The Labute approximate surface area is 132 Å². The minimum atomic E-state index is -0.0657. The number of hydrogen-bond donors (Lipinski definition) is 3. The fourth-order valence-electron chi connectivity index (χ4n) is 1.84. The molecule has 3 N–H and O–H groups in total. The maximum atomic E-state index is 11.5. The minimum Gasteiger partial charge on any atom is -0.353 e. The Bertz CT molecular complexity index is 457. The first-order valence-electron chi connectivity index (χ1n) is 7.44. The van der Waals surface area contributed by atoms with Crippen molar-refractivity contribution in [3.63, 3.8) is 0 Å². The highest BCUT2D eigenvalue weighted by molar-refractivity contribution is 7.80. The van der Waals surface area contributed by atoms with E-state index in [9.17, 15) is 4.79 Å². The van der Waals surface area contributed by atoms with E-state index in [1.54, 1.807) is 0 Å². The first-order valence-corrected chi connectivity index (χ1v) is 7.85. The van der Waals surface area contributed by atoms with Gasteiger partial charge in [-0.2, -0.15) is 0 Å². The van der Waals surface area contributed by atoms with Gasteiger partial charge in [0, 0.05) is 11.7 Å². The summed E-state index contributed by atoms with van der Waals surface area (Å²) in [6.07, 6.45) is 3.51. The van der Waals surface area contributed by atoms with Crippen molar-refractivity contribution in [3.8, 4) is 0 Å². The molecule has 0 unspecified atom stereocenters. The molecule has 0 bridgehead atoms. The summed E-state index contributed by atoms with van der Waals surface area (Å²) in [7, 11) is 0. The van der Waals surface area contributed by atoms with Crippen molar-refractivity contribution in [1.82, 2.24) is 10.6 Å². The third kappa shape index (κ3) is 7.66. The van der Waals surface area contributed by atoms with Gasteiger partial charge in [-0.25, -0.2) is 0 Å². The van der Waals surface area contributed by atoms with Crippen LogP contribution in [0.2, 0.25) is 0 Å². The summed E-state index contributed by atoms with van der Waals surface area (Å²) < 4.78 is 0. The van der Waals surface area contributed by atoms with Crippen LogP contribution in [-0.2, 0) is 11.2 Å². The van der Waals surface area contributed by atoms with Crippen LogP contribution in [0, 0.1) is 0 Å². The van der Waals surface area contributed by atoms with Crippen LogP contribution in [0.25, 0.3) is 0 Å². The molecular weight excluding hydrogens is 282 g/mol. The lowest BCUT2D eigenvalue weighted by atomic mass is 10.1. The number of unbranched alkanes of at least 4 members (excludes halogenated alkanes) is 1. The number of thiocarbonyl (C=S) groups is 1. The molecule has 0 atom stereocenters. The lowest BCUT2D eigenvalue weighted by molar-refractivity contribution is -0.120. The molecule has 1 rings (SSSR count). The largest absolute Gasteiger partial charge is 0.353 e. The number of rotatable bonds is 7. The van der Waals surface area contributed by atoms with Crippen LogP contribution in [0.5, 0.6) is 0 Å². The van der Waals surface area contributed by atoms with Crippen molar-refractivity contribution in [1.29, 1.82) is 0 Å². The highest BCUT2D eigenvalue weighted by atomic mass is 32.1. The Hall–Kier alpha value is -1.62. The van der Waals surface area contributed by atoms with Gasteiger partial charge in [0.1, 0.15) is 0 Å². The molecule has 0 radical (unpaired) electrons. The zero-order valence-corrected chi connectivity index (χ0v) is 13.8. The zero-order chi connectivity index (χ0) is 15.7. The number of nitrogens with one attached hydrogen (secondary N) is 3. The van der Waals surface area contributed by atoms with Crippen LogP contribution in [0.4, 0.5) is 5.69 Å². The van der Waals surface area contributed by atoms with Crippen LogP contribution >= 0.6 is 12.2 Å². The maximum Gasteiger partial charge on any atom is 0.239 e. The molecule has 0 aliphatic carbocycles. The highest BCUT2D eigenvalue weighted by Crippen LogP contribution is 2.11. The second-order valence-corrected chi connectivity index (χ2v) is 5.74. The summed E-state index contributed by atoms with van der Waals surface area (Å²) in [6.45, 7) is 6.22. The number of hydrogen-bond acceptors (Lipinski definition) is 2. The number of anilines is 1. The molecule has 0 spiro atoms. The Balaban J connectivity index is 2.35. The van der Waals surface area contributed by atoms with Crippen molar-refractivity contribution in [2.75, 3.05) is 11.9 Å². The van der Waals surface area contributed by atoms with Gasteiger partial charge in [0.05, 0.1) is 6.54 Å². The predicted molar refractivity (Wildman–Crippen MR) is 92.6 cm³/mol. The summed E-state index contributed by atoms with van der Waals surface area (Å²) in [5, 5.41) is 9.22. The molecule has 1 aromatic carbocycles. The van der Waals surface area contributed by atoms with Crippen LogP contribution in [0.15, 0.2) is 24.3 Å². The number of benzene rings is 1. The fraction of sp³-hybridized carbons (Fsp3) is 0.500. The number of amides is 1. The SMILES string of the molecule is CCCCc1ccc(NC(=S)NCC(=O)NC(C)C)cc1. The second-order valence-electron chi connectivity index (χ2n) is 5.33. The van der Waals surface area contributed by atoms with Crippen LogP contribution in [0.1, 0.15) is 39.2 Å². The Morgan fingerprint density at radius 2 is 1.90 bits per heavy atom. The van der Waals surface area contributed by atoms with Gasteiger partial charge in [0.15, 0.2) is 5.11 Å². The molecular formula is C16H25N3OS. The summed E-state index contributed by atoms with van der Waals surface area (Å²) in [5.74, 6) is -0.0657. The molecule has 116 valence electrons. The first-order chi connectivity index (χ1) is 10.0. The topological polar surface area (TPSA) is 53.2 Å². The summed E-state index contributed by atoms with van der Waals surface area (Å²) in [4.78, 5) is 11.5. The van der Waals surface area contributed by atoms with E-state index in [0.29, 0.717) is 5.11 Å². The molecule has 5 heteroatoms. The number of carbonyl (C=O) groups excluding carboxylic acids is 1. The maximum absolute atomic E-state index is 11.5. The molecule has 0 saturated carbocycles. The van der Waals surface area contributed by atoms with Gasteiger partial charge in [-0.15, -0.1) is 0 Å². The van der Waals surface area contributed by atoms with E-state index in [-0.39, 0.29) is 18.5 Å². The van der Waals surface area contributed by atoms with E-state index in [0.717, 1.165) is 12.1 Å². The van der Waals surface area contributed by atoms with Crippen molar-refractivity contribution in [2.24, 2.45) is 0 Å². The molecule has 4 nitrogen and oxygen atoms in total. The fourth-order valence-corrected chi connectivity index (χ4v) is 2.03. The molecule has 0 heterocycles. The van der Waals surface area contributed by atoms with Gasteiger partial charge in [-0.05, 0) is 56.6 Å². The molecule has 0 saturated heterocycles. The highest BCUT2D eigenvalue weighted by Gasteiger charge is 2.04. The number of aryl methyl sites for hydroxylation is 1. The van der Waals surface area contributed by atoms with Crippen LogP contribution in [-0.4, -0.2) is 23.6 Å². The monoisotopic (exact) mass is 307 g/mol. The molecule has 0 fully saturated rings. The molecule has 0 aliphatic heterocycles. The average Bonchev–Trinajstić information content (AvgIpc) is 2.44. The average molecular weight is 307 g/mol. The summed E-state index contributed by atoms with van der Waals surface area (Å²) >= 11 is 5.17. The van der Waals surface area contributed by atoms with Gasteiger partial charge in [0.2, 0.25) is 5.91 Å². The van der Waals surface area contributed by atoms with Gasteiger partial charge < -0.3 is 16.0 Å². The van der Waals surface area contributed by atoms with E-state index < -0.39 is 0 Å². The Kier molecular flexibility index (Phi) is 7.75. The normalized spacial score (nSPS) is 10.3. The van der Waals surface area contributed by atoms with E-state index in [1.807, 2.05) is 26.0 Å². The molecule has 1 aromatic rings. The smallest absolute Gasteiger partial charge is 0.239 e. The molecule has 0 aromatic heterocycles. The quantitative estimate of drug-likeness (QED) is 0.678. The van der Waals surface area contributed by atoms with Crippen LogP contribution < -0.4 is 16.0 Å². The van der Waals surface area contributed by atoms with E-state index in [1.165, 1.54) is 18.4 Å². The van der Waals surface area contributed by atoms with Crippen molar-refractivity contribution in [2.45, 2.75) is 46.1 Å². The van der Waals surface area contributed by atoms with E-state index >= 15 is 0 Å². The lowest BCUT2D eigenvalue weighted by Crippen LogP contribution is -2.41. The van der Waals surface area contributed by atoms with Crippen molar-refractivity contribution in [3.05, 3.63) is 29.8 Å². The van der Waals surface area contributed by atoms with E-state index in [4.69, 9.17) is 12.2 Å². The lowest BCUT2D eigenvalue weighted by Gasteiger charge is -2.12. The van der Waals surface area contributed by atoms with Crippen molar-refractivity contribution >= 4 is 28.9 Å². The van der Waals surface area contributed by atoms with Gasteiger partial charge in [-0.1, -0.05) is 25.5 Å². The standard InChI is InChI=1S/C16H25N3OS/c1-4-5-6-13-7-9-14(10-8-13)19-16(21)17-11-15(20)18-12(2)3/h7-10,12H,4-6,11H2,1-3H3,(H,18,20)(H2,17,19,21). The summed E-state index contributed by atoms with van der Waals surface area (Å²) in [6, 6.07) is 8.36. The molecule has 1 amide bonds. The van der Waals surface area contributed by atoms with Crippen LogP contribution in [0.3, 0.4) is 0 Å². The molecule has 0 aliphatic rings. The summed E-state index contributed by atoms with van der Waals surface area (Å²) in [5.41, 5.74) is 2.26. The van der Waals surface area contributed by atoms with E-state index in [2.05, 4.69) is 35.0 Å². The Morgan fingerprint density at radius 1 is 1.24 bits per heavy atom. The predicted octanol–water partition coefficient (Wildman–Crippen LogP) is 2.84.